The third-order valence-electron chi connectivity index (χ3n) is 7.55. The van der Waals surface area contributed by atoms with Crippen LogP contribution in [0.1, 0.15) is 62.9 Å². The maximum Gasteiger partial charge on any atom is 0.222 e. The second kappa shape index (κ2) is 12.0. The van der Waals surface area contributed by atoms with E-state index in [0.717, 1.165) is 62.7 Å². The number of carbonyl (C=O) groups excluding carboxylic acids is 1. The SMILES string of the molecule is CCCn1nc(C)cc1CN(CC)C(=O)CCC[C@H]1NC[C@@H]2C[C@@H]1CN(Cc1ccccc1)C2. The average molecular weight is 466 g/mol. The van der Waals surface area contributed by atoms with E-state index in [0.29, 0.717) is 24.9 Å². The summed E-state index contributed by atoms with van der Waals surface area (Å²) in [5, 5.41) is 8.42. The molecule has 0 saturated carbocycles. The summed E-state index contributed by atoms with van der Waals surface area (Å²) in [5.74, 6) is 1.72. The highest BCUT2D eigenvalue weighted by Crippen LogP contribution is 2.31. The Bertz CT molecular complexity index is 911. The van der Waals surface area contributed by atoms with E-state index in [1.165, 1.54) is 25.1 Å². The summed E-state index contributed by atoms with van der Waals surface area (Å²) in [6.45, 7) is 13.1. The van der Waals surface area contributed by atoms with Gasteiger partial charge in [0.2, 0.25) is 5.91 Å². The van der Waals surface area contributed by atoms with Gasteiger partial charge in [0, 0.05) is 45.2 Å². The van der Waals surface area contributed by atoms with Crippen molar-refractivity contribution in [2.24, 2.45) is 11.8 Å². The number of amides is 1. The number of nitrogens with zero attached hydrogens (tertiary/aromatic N) is 4. The maximum atomic E-state index is 13.0. The van der Waals surface area contributed by atoms with Crippen LogP contribution in [-0.2, 0) is 24.4 Å². The molecule has 6 heteroatoms. The van der Waals surface area contributed by atoms with E-state index in [1.807, 2.05) is 11.8 Å². The van der Waals surface area contributed by atoms with E-state index in [-0.39, 0.29) is 5.91 Å². The zero-order chi connectivity index (χ0) is 23.9. The largest absolute Gasteiger partial charge is 0.337 e. The van der Waals surface area contributed by atoms with Crippen LogP contribution in [0.25, 0.3) is 0 Å². The van der Waals surface area contributed by atoms with Crippen LogP contribution in [0.2, 0.25) is 0 Å². The quantitative estimate of drug-likeness (QED) is 0.540. The van der Waals surface area contributed by atoms with Crippen molar-refractivity contribution < 1.29 is 4.79 Å². The molecule has 3 heterocycles. The number of piperidine rings is 2. The summed E-state index contributed by atoms with van der Waals surface area (Å²) in [6, 6.07) is 13.5. The predicted octanol–water partition coefficient (Wildman–Crippen LogP) is 4.23. The highest BCUT2D eigenvalue weighted by molar-refractivity contribution is 5.76. The molecule has 2 aromatic rings. The molecule has 1 aromatic carbocycles. The lowest BCUT2D eigenvalue weighted by Crippen LogP contribution is -2.55. The molecule has 2 aliphatic rings. The third kappa shape index (κ3) is 6.48. The minimum Gasteiger partial charge on any atom is -0.337 e. The summed E-state index contributed by atoms with van der Waals surface area (Å²) in [5.41, 5.74) is 3.59. The Labute approximate surface area is 205 Å². The molecule has 1 N–H and O–H groups in total. The molecule has 0 aliphatic carbocycles. The molecule has 2 fully saturated rings. The fraction of sp³-hybridized carbons (Fsp3) is 0.643. The number of hydrogen-bond donors (Lipinski definition) is 1. The Morgan fingerprint density at radius 2 is 2.03 bits per heavy atom. The van der Waals surface area contributed by atoms with E-state index in [4.69, 9.17) is 0 Å². The first-order valence-electron chi connectivity index (χ1n) is 13.4. The summed E-state index contributed by atoms with van der Waals surface area (Å²) in [7, 11) is 0. The molecule has 0 unspecified atom stereocenters. The predicted molar refractivity (Wildman–Crippen MR) is 137 cm³/mol. The minimum absolute atomic E-state index is 0.271. The van der Waals surface area contributed by atoms with Crippen LogP contribution < -0.4 is 5.32 Å². The zero-order valence-electron chi connectivity index (χ0n) is 21.4. The zero-order valence-corrected chi connectivity index (χ0v) is 21.4. The normalized spacial score (nSPS) is 22.6. The molecule has 2 aliphatic heterocycles. The molecule has 2 bridgehead atoms. The van der Waals surface area contributed by atoms with E-state index < -0.39 is 0 Å². The Balaban J connectivity index is 1.25. The first-order valence-corrected chi connectivity index (χ1v) is 13.4. The van der Waals surface area contributed by atoms with Crippen LogP contribution in [0.4, 0.5) is 0 Å². The lowest BCUT2D eigenvalue weighted by atomic mass is 9.79. The van der Waals surface area contributed by atoms with Crippen LogP contribution >= 0.6 is 0 Å². The third-order valence-corrected chi connectivity index (χ3v) is 7.55. The molecule has 1 aromatic heterocycles. The second-order valence-electron chi connectivity index (χ2n) is 10.4. The first kappa shape index (κ1) is 24.9. The van der Waals surface area contributed by atoms with Gasteiger partial charge in [-0.15, -0.1) is 0 Å². The molecule has 4 rings (SSSR count). The average Bonchev–Trinajstić information content (AvgIpc) is 3.18. The molecule has 2 saturated heterocycles. The first-order chi connectivity index (χ1) is 16.6. The van der Waals surface area contributed by atoms with Crippen LogP contribution in [0.15, 0.2) is 36.4 Å². The van der Waals surface area contributed by atoms with Gasteiger partial charge in [-0.1, -0.05) is 37.3 Å². The van der Waals surface area contributed by atoms with Gasteiger partial charge in [0.1, 0.15) is 0 Å². The molecule has 3 atom stereocenters. The van der Waals surface area contributed by atoms with Gasteiger partial charge >= 0.3 is 0 Å². The van der Waals surface area contributed by atoms with E-state index >= 15 is 0 Å². The van der Waals surface area contributed by atoms with Gasteiger partial charge in [0.15, 0.2) is 0 Å². The molecule has 0 spiro atoms. The maximum absolute atomic E-state index is 13.0. The van der Waals surface area contributed by atoms with E-state index in [2.05, 4.69) is 70.2 Å². The molecule has 0 radical (unpaired) electrons. The number of carbonyl (C=O) groups is 1. The number of aromatic nitrogens is 2. The van der Waals surface area contributed by atoms with Gasteiger partial charge in [0.05, 0.1) is 17.9 Å². The molecule has 1 amide bonds. The smallest absolute Gasteiger partial charge is 0.222 e. The van der Waals surface area contributed by atoms with Crippen molar-refractivity contribution >= 4 is 5.91 Å². The molecular formula is C28H43N5O. The van der Waals surface area contributed by atoms with Gasteiger partial charge in [-0.25, -0.2) is 0 Å². The number of likely N-dealkylation sites (tertiary alicyclic amines) is 1. The van der Waals surface area contributed by atoms with Gasteiger partial charge in [-0.05, 0) is 69.5 Å². The fourth-order valence-electron chi connectivity index (χ4n) is 5.92. The van der Waals surface area contributed by atoms with Crippen molar-refractivity contribution in [2.75, 3.05) is 26.2 Å². The van der Waals surface area contributed by atoms with Crippen LogP contribution in [0.5, 0.6) is 0 Å². The van der Waals surface area contributed by atoms with Crippen molar-refractivity contribution in [3.05, 3.63) is 53.3 Å². The molecule has 6 nitrogen and oxygen atoms in total. The summed E-state index contributed by atoms with van der Waals surface area (Å²) >= 11 is 0. The van der Waals surface area contributed by atoms with Gasteiger partial charge < -0.3 is 10.2 Å². The lowest BCUT2D eigenvalue weighted by molar-refractivity contribution is -0.131. The highest BCUT2D eigenvalue weighted by atomic mass is 16.2. The van der Waals surface area contributed by atoms with Crippen LogP contribution in [0.3, 0.4) is 0 Å². The van der Waals surface area contributed by atoms with Crippen molar-refractivity contribution in [2.45, 2.75) is 78.6 Å². The van der Waals surface area contributed by atoms with Crippen molar-refractivity contribution in [3.8, 4) is 0 Å². The Kier molecular flexibility index (Phi) is 8.79. The Morgan fingerprint density at radius 3 is 2.79 bits per heavy atom. The van der Waals surface area contributed by atoms with E-state index in [9.17, 15) is 4.79 Å². The number of aryl methyl sites for hydroxylation is 2. The number of rotatable bonds is 11. The number of hydrogen-bond acceptors (Lipinski definition) is 4. The van der Waals surface area contributed by atoms with Crippen molar-refractivity contribution in [1.82, 2.24) is 24.9 Å². The number of nitrogens with one attached hydrogen (secondary N) is 1. The van der Waals surface area contributed by atoms with Gasteiger partial charge in [0.25, 0.3) is 0 Å². The fourth-order valence-corrected chi connectivity index (χ4v) is 5.92. The van der Waals surface area contributed by atoms with Gasteiger partial charge in [-0.2, -0.15) is 5.10 Å². The highest BCUT2D eigenvalue weighted by Gasteiger charge is 2.36. The summed E-state index contributed by atoms with van der Waals surface area (Å²) in [6.07, 6.45) is 5.07. The standard InChI is InChI=1S/C28H43N5O/c1-4-14-33-26(15-22(3)30-33)21-32(5-2)28(34)13-9-12-27-25-16-24(17-29-27)19-31(20-25)18-23-10-7-6-8-11-23/h6-8,10-11,15,24-25,27,29H,4-5,9,12-14,16-21H2,1-3H3/t24-,25+,27+/m0/s1. The number of fused-ring (bicyclic) bond motifs is 2. The summed E-state index contributed by atoms with van der Waals surface area (Å²) in [4.78, 5) is 17.7. The molecule has 186 valence electrons. The van der Waals surface area contributed by atoms with Crippen LogP contribution in [0, 0.1) is 18.8 Å². The van der Waals surface area contributed by atoms with Crippen LogP contribution in [-0.4, -0.2) is 57.7 Å². The van der Waals surface area contributed by atoms with E-state index in [1.54, 1.807) is 0 Å². The monoisotopic (exact) mass is 465 g/mol. The van der Waals surface area contributed by atoms with Crippen molar-refractivity contribution in [1.29, 1.82) is 0 Å². The Hall–Kier alpha value is -2.18. The number of benzene rings is 1. The Morgan fingerprint density at radius 1 is 1.21 bits per heavy atom. The second-order valence-corrected chi connectivity index (χ2v) is 10.4. The topological polar surface area (TPSA) is 53.4 Å². The lowest BCUT2D eigenvalue weighted by Gasteiger charge is -2.46. The molecular weight excluding hydrogens is 422 g/mol. The minimum atomic E-state index is 0.271. The summed E-state index contributed by atoms with van der Waals surface area (Å²) < 4.78 is 2.07. The molecule has 34 heavy (non-hydrogen) atoms. The van der Waals surface area contributed by atoms with Crippen molar-refractivity contribution in [3.63, 3.8) is 0 Å². The van der Waals surface area contributed by atoms with Gasteiger partial charge in [-0.3, -0.25) is 14.4 Å².